The van der Waals surface area contributed by atoms with E-state index in [9.17, 15) is 8.42 Å². The lowest BCUT2D eigenvalue weighted by Crippen LogP contribution is -2.32. The predicted molar refractivity (Wildman–Crippen MR) is 85.3 cm³/mol. The third-order valence-corrected chi connectivity index (χ3v) is 6.78. The van der Waals surface area contributed by atoms with E-state index < -0.39 is 10.0 Å². The fourth-order valence-corrected chi connectivity index (χ4v) is 4.66. The van der Waals surface area contributed by atoms with Crippen molar-refractivity contribution in [3.63, 3.8) is 0 Å². The number of benzene rings is 1. The van der Waals surface area contributed by atoms with Gasteiger partial charge in [0.25, 0.3) is 0 Å². The molecule has 1 aromatic carbocycles. The van der Waals surface area contributed by atoms with E-state index in [0.717, 1.165) is 11.3 Å². The molecule has 1 aliphatic rings. The summed E-state index contributed by atoms with van der Waals surface area (Å²) in [7, 11) is -1.45. The van der Waals surface area contributed by atoms with Crippen LogP contribution in [0, 0.1) is 11.8 Å². The maximum absolute atomic E-state index is 12.1. The van der Waals surface area contributed by atoms with Crippen LogP contribution in [0.15, 0.2) is 29.2 Å². The Balaban J connectivity index is 1.80. The van der Waals surface area contributed by atoms with Crippen LogP contribution < -0.4 is 5.73 Å². The van der Waals surface area contributed by atoms with Crippen LogP contribution in [0.2, 0.25) is 0 Å². The van der Waals surface area contributed by atoms with E-state index in [-0.39, 0.29) is 5.75 Å². The highest BCUT2D eigenvalue weighted by Gasteiger charge is 2.35. The molecule has 2 unspecified atom stereocenters. The molecular formula is C14H22N2O2S2. The van der Waals surface area contributed by atoms with E-state index in [0.29, 0.717) is 29.8 Å². The van der Waals surface area contributed by atoms with Crippen LogP contribution in [0.5, 0.6) is 0 Å². The number of anilines is 1. The molecule has 112 valence electrons. The topological polar surface area (TPSA) is 63.4 Å². The van der Waals surface area contributed by atoms with E-state index in [1.807, 2.05) is 24.3 Å². The lowest BCUT2D eigenvalue weighted by Gasteiger charge is -2.16. The summed E-state index contributed by atoms with van der Waals surface area (Å²) < 4.78 is 25.8. The van der Waals surface area contributed by atoms with Gasteiger partial charge in [-0.15, -0.1) is 11.8 Å². The van der Waals surface area contributed by atoms with E-state index in [1.165, 1.54) is 16.1 Å². The Morgan fingerprint density at radius 2 is 2.15 bits per heavy atom. The third kappa shape index (κ3) is 4.40. The second-order valence-electron chi connectivity index (χ2n) is 5.49. The van der Waals surface area contributed by atoms with Crippen LogP contribution >= 0.6 is 11.8 Å². The van der Waals surface area contributed by atoms with Gasteiger partial charge in [0.2, 0.25) is 10.0 Å². The normalized spacial score (nSPS) is 22.1. The average Bonchev–Trinajstić information content (AvgIpc) is 3.04. The van der Waals surface area contributed by atoms with E-state index in [2.05, 4.69) is 6.92 Å². The Morgan fingerprint density at radius 1 is 1.45 bits per heavy atom. The molecular weight excluding hydrogens is 292 g/mol. The van der Waals surface area contributed by atoms with Gasteiger partial charge >= 0.3 is 0 Å². The van der Waals surface area contributed by atoms with Gasteiger partial charge in [-0.2, -0.15) is 0 Å². The first-order valence-corrected chi connectivity index (χ1v) is 9.40. The molecule has 2 atom stereocenters. The molecule has 2 rings (SSSR count). The quantitative estimate of drug-likeness (QED) is 0.619. The molecule has 1 fully saturated rings. The van der Waals surface area contributed by atoms with Crippen molar-refractivity contribution >= 4 is 27.5 Å². The second-order valence-corrected chi connectivity index (χ2v) is 8.85. The Morgan fingerprint density at radius 3 is 2.75 bits per heavy atom. The highest BCUT2D eigenvalue weighted by molar-refractivity contribution is 8.00. The molecule has 0 amide bonds. The van der Waals surface area contributed by atoms with Gasteiger partial charge in [0.15, 0.2) is 0 Å². The molecule has 6 heteroatoms. The van der Waals surface area contributed by atoms with Crippen LogP contribution in [0.25, 0.3) is 0 Å². The van der Waals surface area contributed by atoms with Crippen molar-refractivity contribution in [3.05, 3.63) is 24.3 Å². The Bertz CT molecular complexity index is 560. The Labute approximate surface area is 125 Å². The number of nitrogens with two attached hydrogens (primary N) is 1. The SMILES string of the molecule is CC1CC1CN(C)S(=O)(=O)CCSc1cccc(N)c1. The number of thioether (sulfide) groups is 1. The zero-order valence-corrected chi connectivity index (χ0v) is 13.6. The van der Waals surface area contributed by atoms with Gasteiger partial charge in [-0.05, 0) is 36.5 Å². The van der Waals surface area contributed by atoms with Crippen LogP contribution in [-0.2, 0) is 10.0 Å². The minimum Gasteiger partial charge on any atom is -0.399 e. The van der Waals surface area contributed by atoms with Crippen molar-refractivity contribution < 1.29 is 8.42 Å². The number of hydrogen-bond donors (Lipinski definition) is 1. The van der Waals surface area contributed by atoms with Crippen molar-refractivity contribution in [1.82, 2.24) is 4.31 Å². The first-order valence-electron chi connectivity index (χ1n) is 6.81. The summed E-state index contributed by atoms with van der Waals surface area (Å²) in [6.45, 7) is 2.83. The molecule has 1 aliphatic carbocycles. The predicted octanol–water partition coefficient (Wildman–Crippen LogP) is 2.28. The number of sulfonamides is 1. The first-order chi connectivity index (χ1) is 9.38. The van der Waals surface area contributed by atoms with Crippen LogP contribution in [0.4, 0.5) is 5.69 Å². The number of nitrogens with zero attached hydrogens (tertiary/aromatic N) is 1. The highest BCUT2D eigenvalue weighted by Crippen LogP contribution is 2.38. The maximum Gasteiger partial charge on any atom is 0.214 e. The summed E-state index contributed by atoms with van der Waals surface area (Å²) in [6.07, 6.45) is 1.15. The van der Waals surface area contributed by atoms with Crippen LogP contribution in [0.3, 0.4) is 0 Å². The minimum absolute atomic E-state index is 0.171. The summed E-state index contributed by atoms with van der Waals surface area (Å²) in [6, 6.07) is 7.52. The van der Waals surface area contributed by atoms with Crippen LogP contribution in [-0.4, -0.2) is 37.8 Å². The molecule has 1 saturated carbocycles. The largest absolute Gasteiger partial charge is 0.399 e. The van der Waals surface area contributed by atoms with Gasteiger partial charge < -0.3 is 5.73 Å². The van der Waals surface area contributed by atoms with Gasteiger partial charge in [0.1, 0.15) is 0 Å². The van der Waals surface area contributed by atoms with Crippen molar-refractivity contribution in [2.45, 2.75) is 18.2 Å². The van der Waals surface area contributed by atoms with E-state index in [4.69, 9.17) is 5.73 Å². The molecule has 2 N–H and O–H groups in total. The summed E-state index contributed by atoms with van der Waals surface area (Å²) in [4.78, 5) is 1.01. The van der Waals surface area contributed by atoms with E-state index >= 15 is 0 Å². The standard InChI is InChI=1S/C14H22N2O2S2/c1-11-8-12(11)10-16(2)20(17,18)7-6-19-14-5-3-4-13(15)9-14/h3-5,9,11-12H,6-8,10,15H2,1-2H3. The van der Waals surface area contributed by atoms with Gasteiger partial charge in [0, 0.05) is 29.9 Å². The fraction of sp³-hybridized carbons (Fsp3) is 0.571. The molecule has 0 aromatic heterocycles. The molecule has 0 bridgehead atoms. The average molecular weight is 314 g/mol. The van der Waals surface area contributed by atoms with Gasteiger partial charge in [-0.25, -0.2) is 12.7 Å². The lowest BCUT2D eigenvalue weighted by atomic mass is 10.3. The van der Waals surface area contributed by atoms with Gasteiger partial charge in [-0.3, -0.25) is 0 Å². The highest BCUT2D eigenvalue weighted by atomic mass is 32.2. The summed E-state index contributed by atoms with van der Waals surface area (Å²) in [5, 5.41) is 0. The van der Waals surface area contributed by atoms with Gasteiger partial charge in [-0.1, -0.05) is 13.0 Å². The molecule has 0 heterocycles. The number of nitrogen functional groups attached to an aromatic ring is 1. The first kappa shape index (κ1) is 15.7. The molecule has 20 heavy (non-hydrogen) atoms. The van der Waals surface area contributed by atoms with Gasteiger partial charge in [0.05, 0.1) is 5.75 Å². The second kappa shape index (κ2) is 6.37. The zero-order valence-electron chi connectivity index (χ0n) is 12.0. The van der Waals surface area contributed by atoms with E-state index in [1.54, 1.807) is 7.05 Å². The molecule has 1 aromatic rings. The molecule has 0 aliphatic heterocycles. The summed E-state index contributed by atoms with van der Waals surface area (Å²) >= 11 is 1.53. The fourth-order valence-electron chi connectivity index (χ4n) is 2.12. The van der Waals surface area contributed by atoms with Crippen molar-refractivity contribution in [3.8, 4) is 0 Å². The Kier molecular flexibility index (Phi) is 4.99. The van der Waals surface area contributed by atoms with Crippen molar-refractivity contribution in [2.24, 2.45) is 11.8 Å². The maximum atomic E-state index is 12.1. The lowest BCUT2D eigenvalue weighted by molar-refractivity contribution is 0.446. The summed E-state index contributed by atoms with van der Waals surface area (Å²) in [5.74, 6) is 1.95. The molecule has 0 spiro atoms. The molecule has 4 nitrogen and oxygen atoms in total. The number of rotatable bonds is 7. The smallest absolute Gasteiger partial charge is 0.214 e. The zero-order chi connectivity index (χ0) is 14.8. The minimum atomic E-state index is -3.14. The molecule has 0 radical (unpaired) electrons. The Hall–Kier alpha value is -0.720. The van der Waals surface area contributed by atoms with Crippen molar-refractivity contribution in [1.29, 1.82) is 0 Å². The number of hydrogen-bond acceptors (Lipinski definition) is 4. The van der Waals surface area contributed by atoms with Crippen molar-refractivity contribution in [2.75, 3.05) is 30.8 Å². The van der Waals surface area contributed by atoms with Crippen LogP contribution in [0.1, 0.15) is 13.3 Å². The monoisotopic (exact) mass is 314 g/mol. The summed E-state index contributed by atoms with van der Waals surface area (Å²) in [5.41, 5.74) is 6.41. The third-order valence-electron chi connectivity index (χ3n) is 3.71. The molecule has 0 saturated heterocycles.